The number of carbonyl (C=O) groups is 5. The van der Waals surface area contributed by atoms with E-state index in [0.29, 0.717) is 11.3 Å². The van der Waals surface area contributed by atoms with Gasteiger partial charge in [0.1, 0.15) is 23.9 Å². The van der Waals surface area contributed by atoms with E-state index in [1.807, 2.05) is 24.3 Å². The molecule has 0 saturated heterocycles. The van der Waals surface area contributed by atoms with E-state index in [0.717, 1.165) is 16.5 Å². The van der Waals surface area contributed by atoms with E-state index in [1.165, 1.54) is 23.9 Å². The first-order chi connectivity index (χ1) is 20.5. The average Bonchev–Trinajstić information content (AvgIpc) is 3.37. The fourth-order valence-electron chi connectivity index (χ4n) is 4.44. The third-order valence-corrected chi connectivity index (χ3v) is 7.37. The zero-order valence-electron chi connectivity index (χ0n) is 23.5. The number of rotatable bonds is 16. The van der Waals surface area contributed by atoms with Gasteiger partial charge in [0.05, 0.1) is 12.5 Å². The molecule has 0 fully saturated rings. The summed E-state index contributed by atoms with van der Waals surface area (Å²) in [7, 11) is 0. The summed E-state index contributed by atoms with van der Waals surface area (Å²) in [5.41, 5.74) is 13.6. The van der Waals surface area contributed by atoms with Gasteiger partial charge in [0, 0.05) is 23.5 Å². The number of amides is 4. The Bertz CT molecular complexity index is 1440. The summed E-state index contributed by atoms with van der Waals surface area (Å²) in [6.45, 7) is 0. The number of hydrogen-bond donors (Lipinski definition) is 8. The van der Waals surface area contributed by atoms with Crippen LogP contribution in [0.5, 0.6) is 5.75 Å². The molecular weight excluding hydrogens is 576 g/mol. The number of aliphatic carboxylic acids is 1. The van der Waals surface area contributed by atoms with Crippen molar-refractivity contribution in [3.8, 4) is 5.75 Å². The van der Waals surface area contributed by atoms with Gasteiger partial charge in [-0.3, -0.25) is 19.2 Å². The smallest absolute Gasteiger partial charge is 0.326 e. The lowest BCUT2D eigenvalue weighted by molar-refractivity contribution is -0.143. The molecule has 0 aliphatic carbocycles. The van der Waals surface area contributed by atoms with Crippen LogP contribution < -0.4 is 27.4 Å². The number of fused-ring (bicyclic) bond motifs is 1. The van der Waals surface area contributed by atoms with Crippen molar-refractivity contribution in [3.63, 3.8) is 0 Å². The molecule has 10 N–H and O–H groups in total. The van der Waals surface area contributed by atoms with Crippen LogP contribution >= 0.6 is 11.8 Å². The quantitative estimate of drug-likeness (QED) is 0.110. The first-order valence-corrected chi connectivity index (χ1v) is 14.9. The van der Waals surface area contributed by atoms with Crippen LogP contribution in [-0.2, 0) is 36.8 Å². The molecule has 3 aromatic rings. The Morgan fingerprint density at radius 3 is 2.16 bits per heavy atom. The summed E-state index contributed by atoms with van der Waals surface area (Å²) in [6.07, 6.45) is 3.26. The van der Waals surface area contributed by atoms with E-state index in [9.17, 15) is 34.2 Å². The molecule has 13 nitrogen and oxygen atoms in total. The highest BCUT2D eigenvalue weighted by Gasteiger charge is 2.31. The summed E-state index contributed by atoms with van der Waals surface area (Å²) in [5.74, 6) is -3.94. The fourth-order valence-corrected chi connectivity index (χ4v) is 4.91. The molecule has 0 bridgehead atoms. The zero-order chi connectivity index (χ0) is 31.5. The van der Waals surface area contributed by atoms with Crippen molar-refractivity contribution < 1.29 is 34.2 Å². The molecule has 0 spiro atoms. The predicted octanol–water partition coefficient (Wildman–Crippen LogP) is 0.154. The van der Waals surface area contributed by atoms with Crippen LogP contribution in [0.1, 0.15) is 24.0 Å². The molecule has 0 aliphatic heterocycles. The average molecular weight is 613 g/mol. The lowest BCUT2D eigenvalue weighted by atomic mass is 10.0. The summed E-state index contributed by atoms with van der Waals surface area (Å²) in [6, 6.07) is 8.75. The van der Waals surface area contributed by atoms with Gasteiger partial charge < -0.3 is 42.6 Å². The van der Waals surface area contributed by atoms with Crippen molar-refractivity contribution in [2.24, 2.45) is 11.5 Å². The maximum atomic E-state index is 13.7. The van der Waals surface area contributed by atoms with Gasteiger partial charge in [-0.05, 0) is 54.2 Å². The molecule has 4 amide bonds. The van der Waals surface area contributed by atoms with Crippen LogP contribution in [0.3, 0.4) is 0 Å². The highest BCUT2D eigenvalue weighted by Crippen LogP contribution is 2.19. The third-order valence-electron chi connectivity index (χ3n) is 6.72. The van der Waals surface area contributed by atoms with Crippen molar-refractivity contribution in [1.29, 1.82) is 0 Å². The van der Waals surface area contributed by atoms with Gasteiger partial charge in [0.25, 0.3) is 0 Å². The lowest BCUT2D eigenvalue weighted by Gasteiger charge is -2.25. The van der Waals surface area contributed by atoms with E-state index < -0.39 is 60.2 Å². The number of phenolic OH excluding ortho intramolecular Hbond substituents is 1. The number of aromatic hydroxyl groups is 1. The van der Waals surface area contributed by atoms with Gasteiger partial charge in [0.2, 0.25) is 23.6 Å². The number of H-pyrrole nitrogens is 1. The van der Waals surface area contributed by atoms with Crippen LogP contribution in [0.4, 0.5) is 0 Å². The van der Waals surface area contributed by atoms with Crippen LogP contribution in [0.15, 0.2) is 54.7 Å². The first-order valence-electron chi connectivity index (χ1n) is 13.5. The maximum absolute atomic E-state index is 13.7. The Kier molecular flexibility index (Phi) is 12.0. The standard InChI is InChI=1S/C29H36N6O7S/c1-43-11-10-22(27(39)35-24(29(41)42)14-25(31)37)33-28(40)23(13-17-15-32-21-5-3-2-4-19(17)21)34-26(38)20(30)12-16-6-8-18(36)9-7-16/h2-9,15,20,22-24,32,36H,10-14,30H2,1H3,(H2,31,37)(H,33,40)(H,34,38)(H,35,39)(H,41,42). The highest BCUT2D eigenvalue weighted by molar-refractivity contribution is 7.98. The Morgan fingerprint density at radius 1 is 0.884 bits per heavy atom. The topological polar surface area (TPSA) is 230 Å². The van der Waals surface area contributed by atoms with Crippen molar-refractivity contribution in [2.45, 2.75) is 49.9 Å². The number of nitrogens with one attached hydrogen (secondary N) is 4. The summed E-state index contributed by atoms with van der Waals surface area (Å²) in [4.78, 5) is 65.9. The molecule has 4 unspecified atom stereocenters. The van der Waals surface area contributed by atoms with Gasteiger partial charge in [0.15, 0.2) is 0 Å². The van der Waals surface area contributed by atoms with Crippen molar-refractivity contribution >= 4 is 52.3 Å². The molecule has 43 heavy (non-hydrogen) atoms. The molecule has 230 valence electrons. The molecule has 3 rings (SSSR count). The lowest BCUT2D eigenvalue weighted by Crippen LogP contribution is -2.58. The normalized spacial score (nSPS) is 13.8. The number of carboxylic acids is 1. The molecular formula is C29H36N6O7S. The second-order valence-corrected chi connectivity index (χ2v) is 11.0. The minimum atomic E-state index is -1.57. The summed E-state index contributed by atoms with van der Waals surface area (Å²) >= 11 is 1.41. The van der Waals surface area contributed by atoms with E-state index >= 15 is 0 Å². The van der Waals surface area contributed by atoms with E-state index in [-0.39, 0.29) is 25.0 Å². The number of aromatic amines is 1. The minimum absolute atomic E-state index is 0.0593. The minimum Gasteiger partial charge on any atom is -0.508 e. The van der Waals surface area contributed by atoms with E-state index in [1.54, 1.807) is 24.6 Å². The SMILES string of the molecule is CSCCC(NC(=O)C(Cc1c[nH]c2ccccc12)NC(=O)C(N)Cc1ccc(O)cc1)C(=O)NC(CC(N)=O)C(=O)O. The molecule has 14 heteroatoms. The van der Waals surface area contributed by atoms with Gasteiger partial charge in [-0.25, -0.2) is 4.79 Å². The van der Waals surface area contributed by atoms with Crippen LogP contribution in [0.2, 0.25) is 0 Å². The molecule has 4 atom stereocenters. The fraction of sp³-hybridized carbons (Fsp3) is 0.345. The Morgan fingerprint density at radius 2 is 1.51 bits per heavy atom. The predicted molar refractivity (Wildman–Crippen MR) is 162 cm³/mol. The Hall–Kier alpha value is -4.56. The molecule has 0 radical (unpaired) electrons. The third kappa shape index (κ3) is 9.75. The zero-order valence-corrected chi connectivity index (χ0v) is 24.4. The van der Waals surface area contributed by atoms with Crippen molar-refractivity contribution in [1.82, 2.24) is 20.9 Å². The number of para-hydroxylation sites is 1. The number of primary amides is 1. The number of thioether (sulfide) groups is 1. The van der Waals surface area contributed by atoms with Crippen molar-refractivity contribution in [2.75, 3.05) is 12.0 Å². The first kappa shape index (κ1) is 32.9. The summed E-state index contributed by atoms with van der Waals surface area (Å²) in [5, 5.41) is 27.4. The number of carbonyl (C=O) groups excluding carboxylic acids is 4. The number of benzene rings is 2. The molecule has 0 aliphatic rings. The highest BCUT2D eigenvalue weighted by atomic mass is 32.2. The van der Waals surface area contributed by atoms with Gasteiger partial charge in [-0.15, -0.1) is 0 Å². The van der Waals surface area contributed by atoms with Crippen LogP contribution in [-0.4, -0.2) is 81.0 Å². The summed E-state index contributed by atoms with van der Waals surface area (Å²) < 4.78 is 0. The van der Waals surface area contributed by atoms with Gasteiger partial charge in [-0.1, -0.05) is 30.3 Å². The van der Waals surface area contributed by atoms with Crippen molar-refractivity contribution in [3.05, 3.63) is 65.9 Å². The Labute approximate surface area is 252 Å². The molecule has 1 aromatic heterocycles. The van der Waals surface area contributed by atoms with Crippen LogP contribution in [0.25, 0.3) is 10.9 Å². The Balaban J connectivity index is 1.82. The van der Waals surface area contributed by atoms with Crippen LogP contribution in [0, 0.1) is 0 Å². The monoisotopic (exact) mass is 612 g/mol. The molecule has 0 saturated carbocycles. The van der Waals surface area contributed by atoms with Gasteiger partial charge >= 0.3 is 5.97 Å². The number of carboxylic acid groups (broad SMARTS) is 1. The second kappa shape index (κ2) is 15.6. The largest absolute Gasteiger partial charge is 0.508 e. The number of nitrogens with two attached hydrogens (primary N) is 2. The van der Waals surface area contributed by atoms with E-state index in [2.05, 4.69) is 20.9 Å². The number of hydrogen-bond acceptors (Lipinski definition) is 8. The molecule has 2 aromatic carbocycles. The second-order valence-electron chi connectivity index (χ2n) is 10.0. The van der Waals surface area contributed by atoms with Gasteiger partial charge in [-0.2, -0.15) is 11.8 Å². The number of phenols is 1. The van der Waals surface area contributed by atoms with E-state index in [4.69, 9.17) is 11.5 Å². The number of aromatic nitrogens is 1. The molecule has 1 heterocycles. The maximum Gasteiger partial charge on any atom is 0.326 e.